The molecular weight excluding hydrogens is 574 g/mol. The minimum atomic E-state index is -4.22. The van der Waals surface area contributed by atoms with Gasteiger partial charge in [0.25, 0.3) is 10.0 Å². The Labute approximate surface area is 254 Å². The topological polar surface area (TPSA) is 96.0 Å². The number of aryl methyl sites for hydroxylation is 2. The average Bonchev–Trinajstić information content (AvgIpc) is 2.91. The van der Waals surface area contributed by atoms with Crippen LogP contribution in [-0.2, 0) is 26.2 Å². The van der Waals surface area contributed by atoms with Crippen molar-refractivity contribution in [3.63, 3.8) is 0 Å². The standard InChI is InChI=1S/C32H40ClN3O5S/c1-8-27(31(38)34-32(4,5)6)35(20-24-12-14-25(33)15-13-24)30(37)21-36(28-19-23(3)11-18-29(28)41-7)42(39,40)26-16-9-22(2)10-17-26/h9-19,27H,8,20-21H2,1-7H3,(H,34,38)/t27-/m0/s1. The second-order valence-electron chi connectivity index (χ2n) is 11.3. The van der Waals surface area contributed by atoms with Crippen LogP contribution in [0.5, 0.6) is 5.75 Å². The highest BCUT2D eigenvalue weighted by Crippen LogP contribution is 2.34. The quantitative estimate of drug-likeness (QED) is 0.291. The molecule has 0 radical (unpaired) electrons. The van der Waals surface area contributed by atoms with Crippen molar-refractivity contribution in [2.24, 2.45) is 0 Å². The Morgan fingerprint density at radius 2 is 1.55 bits per heavy atom. The monoisotopic (exact) mass is 613 g/mol. The molecule has 226 valence electrons. The van der Waals surface area contributed by atoms with Gasteiger partial charge in [-0.05, 0) is 88.6 Å². The maximum Gasteiger partial charge on any atom is 0.264 e. The molecule has 42 heavy (non-hydrogen) atoms. The number of hydrogen-bond donors (Lipinski definition) is 1. The van der Waals surface area contributed by atoms with Gasteiger partial charge in [0.15, 0.2) is 0 Å². The molecule has 0 saturated carbocycles. The van der Waals surface area contributed by atoms with Gasteiger partial charge in [0.2, 0.25) is 11.8 Å². The van der Waals surface area contributed by atoms with Crippen LogP contribution in [0, 0.1) is 13.8 Å². The van der Waals surface area contributed by atoms with E-state index < -0.39 is 34.1 Å². The fourth-order valence-electron chi connectivity index (χ4n) is 4.50. The zero-order valence-electron chi connectivity index (χ0n) is 25.3. The number of rotatable bonds is 11. The molecule has 1 N–H and O–H groups in total. The van der Waals surface area contributed by atoms with Crippen molar-refractivity contribution in [3.05, 3.63) is 88.4 Å². The fourth-order valence-corrected chi connectivity index (χ4v) is 6.05. The molecule has 0 unspecified atom stereocenters. The third-order valence-corrected chi connectivity index (χ3v) is 8.67. The van der Waals surface area contributed by atoms with E-state index in [4.69, 9.17) is 16.3 Å². The summed E-state index contributed by atoms with van der Waals surface area (Å²) in [5.74, 6) is -0.570. The summed E-state index contributed by atoms with van der Waals surface area (Å²) in [6.07, 6.45) is 0.319. The number of carbonyl (C=O) groups is 2. The normalized spacial score (nSPS) is 12.4. The molecule has 0 bridgehead atoms. The van der Waals surface area contributed by atoms with Crippen molar-refractivity contribution in [2.45, 2.75) is 71.0 Å². The molecule has 3 rings (SSSR count). The molecular formula is C32H40ClN3O5S. The Balaban J connectivity index is 2.14. The molecule has 10 heteroatoms. The summed E-state index contributed by atoms with van der Waals surface area (Å²) >= 11 is 6.09. The van der Waals surface area contributed by atoms with Gasteiger partial charge in [-0.1, -0.05) is 54.4 Å². The average molecular weight is 614 g/mol. The molecule has 0 aliphatic rings. The van der Waals surface area contributed by atoms with Gasteiger partial charge >= 0.3 is 0 Å². The first-order valence-corrected chi connectivity index (χ1v) is 15.6. The second kappa shape index (κ2) is 13.6. The number of amides is 2. The summed E-state index contributed by atoms with van der Waals surface area (Å²) in [4.78, 5) is 29.2. The van der Waals surface area contributed by atoms with Gasteiger partial charge in [0, 0.05) is 17.1 Å². The zero-order valence-corrected chi connectivity index (χ0v) is 26.8. The first-order chi connectivity index (χ1) is 19.7. The highest BCUT2D eigenvalue weighted by atomic mass is 35.5. The Morgan fingerprint density at radius 3 is 2.10 bits per heavy atom. The number of hydrogen-bond acceptors (Lipinski definition) is 5. The molecule has 0 heterocycles. The number of nitrogens with one attached hydrogen (secondary N) is 1. The van der Waals surface area contributed by atoms with Crippen molar-refractivity contribution in [1.82, 2.24) is 10.2 Å². The lowest BCUT2D eigenvalue weighted by atomic mass is 10.1. The molecule has 0 aliphatic heterocycles. The molecule has 0 aromatic heterocycles. The Morgan fingerprint density at radius 1 is 0.952 bits per heavy atom. The number of halogens is 1. The first-order valence-electron chi connectivity index (χ1n) is 13.8. The molecule has 0 fully saturated rings. The summed E-state index contributed by atoms with van der Waals surface area (Å²) in [7, 11) is -2.77. The number of carbonyl (C=O) groups excluding carboxylic acids is 2. The van der Waals surface area contributed by atoms with Crippen molar-refractivity contribution in [3.8, 4) is 5.75 Å². The van der Waals surface area contributed by atoms with Crippen LogP contribution in [0.3, 0.4) is 0 Å². The van der Waals surface area contributed by atoms with E-state index in [0.717, 1.165) is 21.0 Å². The molecule has 0 saturated heterocycles. The smallest absolute Gasteiger partial charge is 0.264 e. The summed E-state index contributed by atoms with van der Waals surface area (Å²) in [6.45, 7) is 10.6. The van der Waals surface area contributed by atoms with Crippen molar-refractivity contribution in [2.75, 3.05) is 18.0 Å². The van der Waals surface area contributed by atoms with Crippen molar-refractivity contribution < 1.29 is 22.7 Å². The largest absolute Gasteiger partial charge is 0.495 e. The van der Waals surface area contributed by atoms with Gasteiger partial charge in [-0.15, -0.1) is 0 Å². The first kappa shape index (κ1) is 32.9. The highest BCUT2D eigenvalue weighted by molar-refractivity contribution is 7.92. The molecule has 2 amide bonds. The van der Waals surface area contributed by atoms with Crippen LogP contribution in [0.25, 0.3) is 0 Å². The van der Waals surface area contributed by atoms with E-state index in [-0.39, 0.29) is 23.0 Å². The minimum Gasteiger partial charge on any atom is -0.495 e. The molecule has 3 aromatic rings. The van der Waals surface area contributed by atoms with E-state index >= 15 is 0 Å². The van der Waals surface area contributed by atoms with Crippen LogP contribution < -0.4 is 14.4 Å². The van der Waals surface area contributed by atoms with E-state index in [1.165, 1.54) is 24.1 Å². The number of benzene rings is 3. The highest BCUT2D eigenvalue weighted by Gasteiger charge is 2.35. The summed E-state index contributed by atoms with van der Waals surface area (Å²) in [5.41, 5.74) is 2.13. The predicted molar refractivity (Wildman–Crippen MR) is 167 cm³/mol. The van der Waals surface area contributed by atoms with Gasteiger partial charge in [-0.2, -0.15) is 0 Å². The summed E-state index contributed by atoms with van der Waals surface area (Å²) < 4.78 is 34.9. The van der Waals surface area contributed by atoms with Crippen molar-refractivity contribution in [1.29, 1.82) is 0 Å². The van der Waals surface area contributed by atoms with E-state index in [1.54, 1.807) is 54.6 Å². The maximum atomic E-state index is 14.3. The van der Waals surface area contributed by atoms with Crippen LogP contribution in [0.15, 0.2) is 71.6 Å². The van der Waals surface area contributed by atoms with Crippen LogP contribution in [0.2, 0.25) is 5.02 Å². The van der Waals surface area contributed by atoms with E-state index in [9.17, 15) is 18.0 Å². The molecule has 0 spiro atoms. The van der Waals surface area contributed by atoms with E-state index in [0.29, 0.717) is 17.2 Å². The number of ether oxygens (including phenoxy) is 1. The number of nitrogens with zero attached hydrogens (tertiary/aromatic N) is 2. The minimum absolute atomic E-state index is 0.0335. The van der Waals surface area contributed by atoms with E-state index in [1.807, 2.05) is 41.5 Å². The Bertz CT molecular complexity index is 1500. The fraction of sp³-hybridized carbons (Fsp3) is 0.375. The zero-order chi connectivity index (χ0) is 31.2. The number of sulfonamides is 1. The van der Waals surface area contributed by atoms with Crippen LogP contribution in [-0.4, -0.2) is 50.4 Å². The predicted octanol–water partition coefficient (Wildman–Crippen LogP) is 5.88. The lowest BCUT2D eigenvalue weighted by molar-refractivity contribution is -0.141. The van der Waals surface area contributed by atoms with Gasteiger partial charge in [-0.3, -0.25) is 13.9 Å². The second-order valence-corrected chi connectivity index (χ2v) is 13.6. The number of anilines is 1. The SMILES string of the molecule is CC[C@@H](C(=O)NC(C)(C)C)N(Cc1ccc(Cl)cc1)C(=O)CN(c1cc(C)ccc1OC)S(=O)(=O)c1ccc(C)cc1. The molecule has 8 nitrogen and oxygen atoms in total. The molecule has 0 aliphatic carbocycles. The van der Waals surface area contributed by atoms with Gasteiger partial charge in [-0.25, -0.2) is 8.42 Å². The molecule has 3 aromatic carbocycles. The molecule has 1 atom stereocenters. The lowest BCUT2D eigenvalue weighted by Crippen LogP contribution is -2.55. The van der Waals surface area contributed by atoms with Crippen LogP contribution in [0.1, 0.15) is 50.8 Å². The number of methoxy groups -OCH3 is 1. The Hall–Kier alpha value is -3.56. The van der Waals surface area contributed by atoms with Gasteiger partial charge in [0.05, 0.1) is 17.7 Å². The lowest BCUT2D eigenvalue weighted by Gasteiger charge is -2.35. The van der Waals surface area contributed by atoms with Gasteiger partial charge < -0.3 is 15.0 Å². The van der Waals surface area contributed by atoms with E-state index in [2.05, 4.69) is 5.32 Å². The summed E-state index contributed by atoms with van der Waals surface area (Å²) in [5, 5.41) is 3.50. The third kappa shape index (κ3) is 8.26. The maximum absolute atomic E-state index is 14.3. The van der Waals surface area contributed by atoms with Gasteiger partial charge in [0.1, 0.15) is 18.3 Å². The van der Waals surface area contributed by atoms with Crippen LogP contribution in [0.4, 0.5) is 5.69 Å². The summed E-state index contributed by atoms with van der Waals surface area (Å²) in [6, 6.07) is 17.7. The van der Waals surface area contributed by atoms with Crippen LogP contribution >= 0.6 is 11.6 Å². The third-order valence-electron chi connectivity index (χ3n) is 6.64. The van der Waals surface area contributed by atoms with Crippen molar-refractivity contribution >= 4 is 39.1 Å². The Kier molecular flexibility index (Phi) is 10.7.